The fraction of sp³-hybridized carbons (Fsp3) is 0.273. The Hall–Kier alpha value is -1.37. The third-order valence-electron chi connectivity index (χ3n) is 2.40. The average Bonchev–Trinajstić information content (AvgIpc) is 2.73. The van der Waals surface area contributed by atoms with Crippen molar-refractivity contribution in [2.75, 3.05) is 0 Å². The molecule has 0 spiro atoms. The molecule has 3 N–H and O–H groups in total. The van der Waals surface area contributed by atoms with Crippen LogP contribution in [0.25, 0.3) is 0 Å². The number of pyridine rings is 1. The molecular formula is C11H13FN4S. The Morgan fingerprint density at radius 2 is 2.41 bits per heavy atom. The number of hydrogen-bond donors (Lipinski definition) is 2. The van der Waals surface area contributed by atoms with E-state index in [0.29, 0.717) is 12.1 Å². The lowest BCUT2D eigenvalue weighted by Crippen LogP contribution is -2.31. The van der Waals surface area contributed by atoms with Crippen molar-refractivity contribution in [2.45, 2.75) is 19.4 Å². The molecule has 0 amide bonds. The van der Waals surface area contributed by atoms with E-state index in [1.54, 1.807) is 23.6 Å². The van der Waals surface area contributed by atoms with Crippen LogP contribution in [0.2, 0.25) is 0 Å². The molecule has 1 atom stereocenters. The minimum Gasteiger partial charge on any atom is -0.271 e. The summed E-state index contributed by atoms with van der Waals surface area (Å²) < 4.78 is 13.6. The van der Waals surface area contributed by atoms with Gasteiger partial charge in [-0.2, -0.15) is 0 Å². The van der Waals surface area contributed by atoms with Crippen LogP contribution < -0.4 is 11.3 Å². The number of nitrogens with one attached hydrogen (secondary N) is 1. The predicted octanol–water partition coefficient (Wildman–Crippen LogP) is 1.73. The van der Waals surface area contributed by atoms with Crippen molar-refractivity contribution < 1.29 is 4.39 Å². The van der Waals surface area contributed by atoms with Gasteiger partial charge in [-0.25, -0.2) is 9.37 Å². The van der Waals surface area contributed by atoms with E-state index < -0.39 is 0 Å². The lowest BCUT2D eigenvalue weighted by Gasteiger charge is -2.14. The summed E-state index contributed by atoms with van der Waals surface area (Å²) in [6.07, 6.45) is 2.07. The fourth-order valence-electron chi connectivity index (χ4n) is 1.60. The van der Waals surface area contributed by atoms with Crippen LogP contribution in [0.15, 0.2) is 23.7 Å². The van der Waals surface area contributed by atoms with Crippen molar-refractivity contribution in [2.24, 2.45) is 5.84 Å². The van der Waals surface area contributed by atoms with E-state index >= 15 is 0 Å². The first kappa shape index (κ1) is 12.1. The van der Waals surface area contributed by atoms with Crippen LogP contribution in [0.4, 0.5) is 4.39 Å². The average molecular weight is 252 g/mol. The van der Waals surface area contributed by atoms with Gasteiger partial charge in [0.1, 0.15) is 5.82 Å². The van der Waals surface area contributed by atoms with Crippen molar-refractivity contribution in [3.8, 4) is 0 Å². The molecule has 0 saturated heterocycles. The number of aryl methyl sites for hydroxylation is 1. The Balaban J connectivity index is 2.20. The van der Waals surface area contributed by atoms with Gasteiger partial charge < -0.3 is 0 Å². The Labute approximate surface area is 103 Å². The predicted molar refractivity (Wildman–Crippen MR) is 64.8 cm³/mol. The zero-order chi connectivity index (χ0) is 12.3. The van der Waals surface area contributed by atoms with Crippen LogP contribution in [0.5, 0.6) is 0 Å². The molecule has 6 heteroatoms. The molecule has 0 aliphatic rings. The minimum atomic E-state index is -0.363. The molecule has 1 unspecified atom stereocenters. The summed E-state index contributed by atoms with van der Waals surface area (Å²) in [5.41, 5.74) is 3.79. The van der Waals surface area contributed by atoms with E-state index in [9.17, 15) is 4.39 Å². The molecular weight excluding hydrogens is 239 g/mol. The molecule has 90 valence electrons. The SMILES string of the molecule is Cc1nc(CC(NN)c2ncccc2F)cs1. The summed E-state index contributed by atoms with van der Waals surface area (Å²) in [6, 6.07) is 2.57. The number of aromatic nitrogens is 2. The maximum Gasteiger partial charge on any atom is 0.146 e. The van der Waals surface area contributed by atoms with Crippen molar-refractivity contribution in [1.29, 1.82) is 0 Å². The molecule has 2 aromatic rings. The van der Waals surface area contributed by atoms with Gasteiger partial charge in [0.05, 0.1) is 22.4 Å². The first-order valence-corrected chi connectivity index (χ1v) is 6.06. The van der Waals surface area contributed by atoms with Crippen LogP contribution in [0.3, 0.4) is 0 Å². The van der Waals surface area contributed by atoms with Gasteiger partial charge in [-0.1, -0.05) is 0 Å². The second-order valence-corrected chi connectivity index (χ2v) is 4.71. The number of nitrogens with two attached hydrogens (primary N) is 1. The van der Waals surface area contributed by atoms with E-state index in [4.69, 9.17) is 5.84 Å². The fourth-order valence-corrected chi connectivity index (χ4v) is 2.23. The van der Waals surface area contributed by atoms with Gasteiger partial charge in [0.25, 0.3) is 0 Å². The third kappa shape index (κ3) is 2.85. The van der Waals surface area contributed by atoms with Gasteiger partial charge in [0.2, 0.25) is 0 Å². The van der Waals surface area contributed by atoms with Crippen LogP contribution in [-0.2, 0) is 6.42 Å². The van der Waals surface area contributed by atoms with Gasteiger partial charge in [-0.3, -0.25) is 16.3 Å². The molecule has 2 rings (SSSR count). The van der Waals surface area contributed by atoms with Crippen molar-refractivity contribution in [3.63, 3.8) is 0 Å². The van der Waals surface area contributed by atoms with Gasteiger partial charge in [-0.05, 0) is 19.1 Å². The van der Waals surface area contributed by atoms with Crippen LogP contribution >= 0.6 is 11.3 Å². The van der Waals surface area contributed by atoms with E-state index in [-0.39, 0.29) is 11.9 Å². The maximum absolute atomic E-state index is 13.6. The molecule has 0 aliphatic carbocycles. The van der Waals surface area contributed by atoms with E-state index in [1.165, 1.54) is 6.07 Å². The molecule has 4 nitrogen and oxygen atoms in total. The summed E-state index contributed by atoms with van der Waals surface area (Å²) >= 11 is 1.56. The molecule has 2 heterocycles. The highest BCUT2D eigenvalue weighted by Crippen LogP contribution is 2.19. The largest absolute Gasteiger partial charge is 0.271 e. The number of hydrogen-bond acceptors (Lipinski definition) is 5. The van der Waals surface area contributed by atoms with Crippen molar-refractivity contribution >= 4 is 11.3 Å². The van der Waals surface area contributed by atoms with Gasteiger partial charge in [0.15, 0.2) is 0 Å². The first-order chi connectivity index (χ1) is 8.20. The Bertz CT molecular complexity index is 500. The topological polar surface area (TPSA) is 63.8 Å². The molecule has 0 bridgehead atoms. The summed E-state index contributed by atoms with van der Waals surface area (Å²) in [7, 11) is 0. The highest BCUT2D eigenvalue weighted by atomic mass is 32.1. The van der Waals surface area contributed by atoms with Crippen LogP contribution in [0, 0.1) is 12.7 Å². The Morgan fingerprint density at radius 1 is 1.59 bits per heavy atom. The maximum atomic E-state index is 13.6. The van der Waals surface area contributed by atoms with Crippen molar-refractivity contribution in [1.82, 2.24) is 15.4 Å². The zero-order valence-corrected chi connectivity index (χ0v) is 10.2. The lowest BCUT2D eigenvalue weighted by molar-refractivity contribution is 0.492. The lowest BCUT2D eigenvalue weighted by atomic mass is 10.1. The normalized spacial score (nSPS) is 12.6. The van der Waals surface area contributed by atoms with E-state index in [2.05, 4.69) is 15.4 Å². The highest BCUT2D eigenvalue weighted by molar-refractivity contribution is 7.09. The van der Waals surface area contributed by atoms with E-state index in [1.807, 2.05) is 12.3 Å². The molecule has 0 saturated carbocycles. The Morgan fingerprint density at radius 3 is 3.00 bits per heavy atom. The zero-order valence-electron chi connectivity index (χ0n) is 9.35. The molecule has 0 fully saturated rings. The van der Waals surface area contributed by atoms with Gasteiger partial charge in [-0.15, -0.1) is 11.3 Å². The summed E-state index contributed by atoms with van der Waals surface area (Å²) in [4.78, 5) is 8.34. The minimum absolute atomic E-state index is 0.320. The number of hydrazine groups is 1. The molecule has 0 aliphatic heterocycles. The van der Waals surface area contributed by atoms with Crippen LogP contribution in [0.1, 0.15) is 22.4 Å². The van der Waals surface area contributed by atoms with Crippen LogP contribution in [-0.4, -0.2) is 9.97 Å². The summed E-state index contributed by atoms with van der Waals surface area (Å²) in [5, 5.41) is 2.93. The molecule has 2 aromatic heterocycles. The number of thiazole rings is 1. The van der Waals surface area contributed by atoms with Gasteiger partial charge >= 0.3 is 0 Å². The first-order valence-electron chi connectivity index (χ1n) is 5.18. The second kappa shape index (κ2) is 5.31. The Kier molecular flexibility index (Phi) is 3.78. The monoisotopic (exact) mass is 252 g/mol. The number of nitrogens with zero attached hydrogens (tertiary/aromatic N) is 2. The second-order valence-electron chi connectivity index (χ2n) is 3.65. The standard InChI is InChI=1S/C11H13FN4S/c1-7-15-8(6-17-7)5-10(16-13)11-9(12)3-2-4-14-11/h2-4,6,10,16H,5,13H2,1H3. The smallest absolute Gasteiger partial charge is 0.146 e. The van der Waals surface area contributed by atoms with Gasteiger partial charge in [0, 0.05) is 18.0 Å². The summed E-state index contributed by atoms with van der Waals surface area (Å²) in [5.74, 6) is 5.09. The third-order valence-corrected chi connectivity index (χ3v) is 3.22. The highest BCUT2D eigenvalue weighted by Gasteiger charge is 2.17. The van der Waals surface area contributed by atoms with E-state index in [0.717, 1.165) is 10.7 Å². The molecule has 0 aromatic carbocycles. The molecule has 0 radical (unpaired) electrons. The quantitative estimate of drug-likeness (QED) is 0.642. The number of rotatable bonds is 4. The molecule has 17 heavy (non-hydrogen) atoms. The number of halogens is 1. The summed E-state index contributed by atoms with van der Waals surface area (Å²) in [6.45, 7) is 1.93. The van der Waals surface area contributed by atoms with Crippen molar-refractivity contribution in [3.05, 3.63) is 45.9 Å².